The fraction of sp³-hybridized carbons (Fsp3) is 0.500. The van der Waals surface area contributed by atoms with E-state index in [0.717, 1.165) is 12.8 Å². The number of hydrogen-bond donors (Lipinski definition) is 1. The summed E-state index contributed by atoms with van der Waals surface area (Å²) in [7, 11) is 0. The zero-order valence-electron chi connectivity index (χ0n) is 6.37. The van der Waals surface area contributed by atoms with Gasteiger partial charge in [-0.2, -0.15) is 0 Å². The zero-order valence-corrected chi connectivity index (χ0v) is 6.37. The molecule has 12 heavy (non-hydrogen) atoms. The maximum Gasteiger partial charge on any atom is 0.345 e. The van der Waals surface area contributed by atoms with Crippen molar-refractivity contribution in [2.75, 3.05) is 6.61 Å². The molecule has 0 spiro atoms. The normalized spacial score (nSPS) is 22.8. The van der Waals surface area contributed by atoms with Crippen molar-refractivity contribution in [3.63, 3.8) is 0 Å². The van der Waals surface area contributed by atoms with Crippen molar-refractivity contribution in [1.29, 1.82) is 0 Å². The quantitative estimate of drug-likeness (QED) is 0.477. The van der Waals surface area contributed by atoms with Crippen molar-refractivity contribution in [2.45, 2.75) is 12.8 Å². The molecule has 4 nitrogen and oxygen atoms in total. The minimum atomic E-state index is -0.676. The van der Waals surface area contributed by atoms with Crippen LogP contribution in [0, 0.1) is 5.92 Å². The number of carbonyl (C=O) groups excluding carboxylic acids is 2. The lowest BCUT2D eigenvalue weighted by Gasteiger charge is -1.94. The summed E-state index contributed by atoms with van der Waals surface area (Å²) in [5, 5.41) is 9.12. The molecule has 1 N–H and O–H groups in total. The number of aliphatic hydroxyl groups is 1. The lowest BCUT2D eigenvalue weighted by molar-refractivity contribution is -0.137. The fourth-order valence-electron chi connectivity index (χ4n) is 1.19. The lowest BCUT2D eigenvalue weighted by atomic mass is 10.1. The van der Waals surface area contributed by atoms with Crippen LogP contribution in [0.5, 0.6) is 0 Å². The van der Waals surface area contributed by atoms with Crippen molar-refractivity contribution >= 4 is 11.8 Å². The largest absolute Gasteiger partial charge is 0.508 e. The van der Waals surface area contributed by atoms with E-state index in [1.54, 1.807) is 0 Å². The summed E-state index contributed by atoms with van der Waals surface area (Å²) >= 11 is 0. The van der Waals surface area contributed by atoms with E-state index < -0.39 is 5.97 Å². The first kappa shape index (κ1) is 7.34. The minimum Gasteiger partial charge on any atom is -0.508 e. The Bertz CT molecular complexity index is 285. The van der Waals surface area contributed by atoms with Crippen LogP contribution in [-0.2, 0) is 14.3 Å². The van der Waals surface area contributed by atoms with Crippen LogP contribution in [0.1, 0.15) is 12.8 Å². The summed E-state index contributed by atoms with van der Waals surface area (Å²) in [6.45, 7) is -0.146. The molecule has 0 unspecified atom stereocenters. The molecule has 0 aromatic rings. The van der Waals surface area contributed by atoms with E-state index >= 15 is 0 Å². The van der Waals surface area contributed by atoms with E-state index in [4.69, 9.17) is 5.11 Å². The molecular weight excluding hydrogens is 160 g/mol. The summed E-state index contributed by atoms with van der Waals surface area (Å²) < 4.78 is 4.49. The highest BCUT2D eigenvalue weighted by Crippen LogP contribution is 2.34. The molecule has 2 rings (SSSR count). The molecule has 1 fully saturated rings. The van der Waals surface area contributed by atoms with Gasteiger partial charge in [0, 0.05) is 5.92 Å². The summed E-state index contributed by atoms with van der Waals surface area (Å²) in [6.07, 6.45) is 1.64. The third-order valence-electron chi connectivity index (χ3n) is 2.03. The molecule has 64 valence electrons. The van der Waals surface area contributed by atoms with Crippen molar-refractivity contribution in [1.82, 2.24) is 0 Å². The number of ether oxygens (including phenoxy) is 1. The van der Waals surface area contributed by atoms with Gasteiger partial charge in [-0.05, 0) is 12.8 Å². The van der Waals surface area contributed by atoms with E-state index in [1.165, 1.54) is 0 Å². The number of hydrogen-bond acceptors (Lipinski definition) is 4. The van der Waals surface area contributed by atoms with Crippen LogP contribution in [0.4, 0.5) is 0 Å². The molecule has 1 aliphatic heterocycles. The van der Waals surface area contributed by atoms with Crippen LogP contribution < -0.4 is 0 Å². The van der Waals surface area contributed by atoms with Gasteiger partial charge in [0.05, 0.1) is 0 Å². The zero-order chi connectivity index (χ0) is 8.72. The number of rotatable bonds is 2. The Morgan fingerprint density at radius 3 is 2.58 bits per heavy atom. The van der Waals surface area contributed by atoms with Crippen LogP contribution in [0.15, 0.2) is 11.3 Å². The fourth-order valence-corrected chi connectivity index (χ4v) is 1.19. The van der Waals surface area contributed by atoms with Crippen molar-refractivity contribution in [3.8, 4) is 0 Å². The minimum absolute atomic E-state index is 0.0483. The highest BCUT2D eigenvalue weighted by atomic mass is 16.5. The number of aliphatic hydroxyl groups excluding tert-OH is 1. The Balaban J connectivity index is 2.25. The number of carbonyl (C=O) groups is 2. The topological polar surface area (TPSA) is 63.6 Å². The van der Waals surface area contributed by atoms with Gasteiger partial charge in [-0.25, -0.2) is 4.79 Å². The van der Waals surface area contributed by atoms with Crippen LogP contribution in [-0.4, -0.2) is 23.5 Å². The molecule has 2 aliphatic rings. The molecule has 0 aromatic carbocycles. The van der Waals surface area contributed by atoms with E-state index in [0.29, 0.717) is 0 Å². The van der Waals surface area contributed by atoms with E-state index in [2.05, 4.69) is 4.74 Å². The Morgan fingerprint density at radius 1 is 1.50 bits per heavy atom. The number of Topliss-reactive ketones (excluding diaryl/α,β-unsaturated/α-hetero) is 1. The highest BCUT2D eigenvalue weighted by molar-refractivity contribution is 6.20. The Hall–Kier alpha value is -1.32. The monoisotopic (exact) mass is 168 g/mol. The first-order valence-electron chi connectivity index (χ1n) is 3.83. The first-order valence-corrected chi connectivity index (χ1v) is 3.83. The van der Waals surface area contributed by atoms with Gasteiger partial charge in [0.25, 0.3) is 0 Å². The van der Waals surface area contributed by atoms with E-state index in [9.17, 15) is 9.59 Å². The molecule has 0 bridgehead atoms. The van der Waals surface area contributed by atoms with Crippen molar-refractivity contribution in [2.24, 2.45) is 5.92 Å². The maximum atomic E-state index is 11.3. The van der Waals surface area contributed by atoms with Gasteiger partial charge in [0.15, 0.2) is 5.78 Å². The van der Waals surface area contributed by atoms with Gasteiger partial charge in [-0.3, -0.25) is 4.79 Å². The Kier molecular flexibility index (Phi) is 1.43. The molecule has 0 amide bonds. The van der Waals surface area contributed by atoms with Crippen LogP contribution >= 0.6 is 0 Å². The van der Waals surface area contributed by atoms with Gasteiger partial charge in [0.1, 0.15) is 17.9 Å². The van der Waals surface area contributed by atoms with Gasteiger partial charge in [-0.1, -0.05) is 0 Å². The van der Waals surface area contributed by atoms with E-state index in [1.807, 2.05) is 0 Å². The third kappa shape index (κ3) is 0.995. The van der Waals surface area contributed by atoms with Crippen LogP contribution in [0.3, 0.4) is 0 Å². The van der Waals surface area contributed by atoms with Crippen LogP contribution in [0.25, 0.3) is 0 Å². The average Bonchev–Trinajstić information content (AvgIpc) is 2.79. The van der Waals surface area contributed by atoms with E-state index in [-0.39, 0.29) is 29.6 Å². The Morgan fingerprint density at radius 2 is 2.17 bits per heavy atom. The predicted molar refractivity (Wildman–Crippen MR) is 38.3 cm³/mol. The number of cyclic esters (lactones) is 1. The smallest absolute Gasteiger partial charge is 0.345 e. The molecule has 0 saturated heterocycles. The van der Waals surface area contributed by atoms with Gasteiger partial charge in [0.2, 0.25) is 0 Å². The van der Waals surface area contributed by atoms with Gasteiger partial charge < -0.3 is 9.84 Å². The summed E-state index contributed by atoms with van der Waals surface area (Å²) in [6, 6.07) is 0. The van der Waals surface area contributed by atoms with Crippen LogP contribution in [0.2, 0.25) is 0 Å². The molecule has 4 heteroatoms. The third-order valence-corrected chi connectivity index (χ3v) is 2.03. The molecule has 0 radical (unpaired) electrons. The standard InChI is InChI=1S/C8H8O4/c9-5-3-12-8(11)6(5)7(10)4-1-2-4/h4,9H,1-3H2. The van der Waals surface area contributed by atoms with Crippen molar-refractivity contribution in [3.05, 3.63) is 11.3 Å². The lowest BCUT2D eigenvalue weighted by Crippen LogP contribution is -2.12. The maximum absolute atomic E-state index is 11.3. The summed E-state index contributed by atoms with van der Waals surface area (Å²) in [5.74, 6) is -1.19. The molecule has 1 heterocycles. The summed E-state index contributed by atoms with van der Waals surface area (Å²) in [5.41, 5.74) is -0.127. The summed E-state index contributed by atoms with van der Waals surface area (Å²) in [4.78, 5) is 22.2. The molecular formula is C8H8O4. The SMILES string of the molecule is O=C1OCC(O)=C1C(=O)C1CC1. The number of ketones is 1. The molecule has 1 aliphatic carbocycles. The van der Waals surface area contributed by atoms with Crippen molar-refractivity contribution < 1.29 is 19.4 Å². The van der Waals surface area contributed by atoms with Gasteiger partial charge >= 0.3 is 5.97 Å². The first-order chi connectivity index (χ1) is 5.70. The second kappa shape index (κ2) is 2.33. The highest BCUT2D eigenvalue weighted by Gasteiger charge is 2.39. The van der Waals surface area contributed by atoms with Gasteiger partial charge in [-0.15, -0.1) is 0 Å². The second-order valence-electron chi connectivity index (χ2n) is 3.04. The molecule has 1 saturated carbocycles. The number of esters is 1. The molecule has 0 aromatic heterocycles. The molecule has 0 atom stereocenters. The average molecular weight is 168 g/mol. The predicted octanol–water partition coefficient (Wildman–Crippen LogP) is 0.334. The second-order valence-corrected chi connectivity index (χ2v) is 3.04. The Labute approximate surface area is 68.8 Å².